The van der Waals surface area contributed by atoms with Crippen LogP contribution in [0.1, 0.15) is 11.1 Å². The highest BCUT2D eigenvalue weighted by molar-refractivity contribution is 7.89. The summed E-state index contributed by atoms with van der Waals surface area (Å²) in [6.07, 6.45) is -7.14. The smallest absolute Gasteiger partial charge is 0.332 e. The largest absolute Gasteiger partial charge is 0.420 e. The third-order valence-electron chi connectivity index (χ3n) is 5.52. The van der Waals surface area contributed by atoms with Gasteiger partial charge < -0.3 is 4.52 Å². The van der Waals surface area contributed by atoms with Crippen LogP contribution in [-0.4, -0.2) is 27.9 Å². The van der Waals surface area contributed by atoms with E-state index in [1.54, 1.807) is 0 Å². The van der Waals surface area contributed by atoms with Crippen molar-refractivity contribution < 1.29 is 39.3 Å². The molecule has 0 saturated heterocycles. The second kappa shape index (κ2) is 8.66. The van der Waals surface area contributed by atoms with Crippen LogP contribution in [0, 0.1) is 0 Å². The lowest BCUT2D eigenvalue weighted by Gasteiger charge is -2.13. The third kappa shape index (κ3) is 4.72. The Kier molecular flexibility index (Phi) is 5.79. The molecular formula is C23H13F6N5O3S. The molecule has 5 rings (SSSR count). The van der Waals surface area contributed by atoms with E-state index in [1.807, 2.05) is 0 Å². The van der Waals surface area contributed by atoms with Gasteiger partial charge in [0.15, 0.2) is 0 Å². The summed E-state index contributed by atoms with van der Waals surface area (Å²) in [5, 5.41) is 8.90. The lowest BCUT2D eigenvalue weighted by molar-refractivity contribution is -0.138. The number of benzene rings is 2. The van der Waals surface area contributed by atoms with E-state index < -0.39 is 39.1 Å². The van der Waals surface area contributed by atoms with Gasteiger partial charge in [-0.05, 0) is 41.5 Å². The van der Waals surface area contributed by atoms with E-state index in [0.717, 1.165) is 40.9 Å². The van der Waals surface area contributed by atoms with Crippen molar-refractivity contribution in [3.8, 4) is 34.1 Å². The molecule has 8 nitrogen and oxygen atoms in total. The molecule has 0 fully saturated rings. The summed E-state index contributed by atoms with van der Waals surface area (Å²) in [4.78, 5) is 7.77. The summed E-state index contributed by atoms with van der Waals surface area (Å²) in [6.45, 7) is 0. The molecule has 0 amide bonds. The van der Waals surface area contributed by atoms with Gasteiger partial charge in [0.2, 0.25) is 15.8 Å². The molecule has 0 unspecified atom stereocenters. The molecule has 0 radical (unpaired) electrons. The zero-order valence-electron chi connectivity index (χ0n) is 18.6. The maximum Gasteiger partial charge on any atom is 0.420 e. The highest BCUT2D eigenvalue weighted by Crippen LogP contribution is 2.38. The highest BCUT2D eigenvalue weighted by atomic mass is 32.2. The molecular weight excluding hydrogens is 540 g/mol. The Morgan fingerprint density at radius 1 is 0.868 bits per heavy atom. The Morgan fingerprint density at radius 3 is 2.21 bits per heavy atom. The first-order valence-electron chi connectivity index (χ1n) is 10.4. The minimum absolute atomic E-state index is 0.0411. The summed E-state index contributed by atoms with van der Waals surface area (Å²) in [5.41, 5.74) is -2.37. The normalized spacial score (nSPS) is 12.8. The summed E-state index contributed by atoms with van der Waals surface area (Å²) >= 11 is 0. The van der Waals surface area contributed by atoms with Gasteiger partial charge >= 0.3 is 12.4 Å². The number of hydrogen-bond acceptors (Lipinski definition) is 6. The number of nitrogens with zero attached hydrogens (tertiary/aromatic N) is 4. The van der Waals surface area contributed by atoms with Crippen LogP contribution in [0.25, 0.3) is 39.7 Å². The van der Waals surface area contributed by atoms with Gasteiger partial charge in [-0.2, -0.15) is 31.3 Å². The first-order chi connectivity index (χ1) is 17.7. The Labute approximate surface area is 209 Å². The molecule has 2 aromatic carbocycles. The number of nitrogens with two attached hydrogens (primary N) is 1. The Morgan fingerprint density at radius 2 is 1.58 bits per heavy atom. The molecule has 0 atom stereocenters. The molecule has 3 heterocycles. The van der Waals surface area contributed by atoms with Crippen molar-refractivity contribution in [2.24, 2.45) is 5.14 Å². The topological polar surface area (TPSA) is 116 Å². The fourth-order valence-corrected chi connectivity index (χ4v) is 4.28. The fraction of sp³-hybridized carbons (Fsp3) is 0.0870. The van der Waals surface area contributed by atoms with Crippen LogP contribution < -0.4 is 5.14 Å². The molecule has 0 aliphatic rings. The Hall–Kier alpha value is -4.24. The van der Waals surface area contributed by atoms with Crippen molar-refractivity contribution >= 4 is 15.7 Å². The van der Waals surface area contributed by atoms with Gasteiger partial charge in [-0.3, -0.25) is 4.40 Å². The van der Waals surface area contributed by atoms with Crippen LogP contribution in [0.5, 0.6) is 0 Å². The van der Waals surface area contributed by atoms with Gasteiger partial charge in [0.1, 0.15) is 11.3 Å². The molecule has 0 aliphatic heterocycles. The molecule has 38 heavy (non-hydrogen) atoms. The van der Waals surface area contributed by atoms with Crippen LogP contribution in [0.2, 0.25) is 0 Å². The lowest BCUT2D eigenvalue weighted by Crippen LogP contribution is -2.11. The number of imidazole rings is 1. The average Bonchev–Trinajstić information content (AvgIpc) is 3.49. The van der Waals surface area contributed by atoms with Crippen molar-refractivity contribution in [2.45, 2.75) is 17.2 Å². The summed E-state index contributed by atoms with van der Waals surface area (Å²) < 4.78 is 110. The van der Waals surface area contributed by atoms with Gasteiger partial charge in [-0.25, -0.2) is 18.5 Å². The number of pyridine rings is 1. The van der Waals surface area contributed by atoms with E-state index in [2.05, 4.69) is 15.1 Å². The number of hydrogen-bond donors (Lipinski definition) is 1. The number of fused-ring (bicyclic) bond motifs is 1. The standard InChI is InChI=1S/C23H13F6N5O3S/c24-22(25,26)15-6-4-12(5-7-15)14-9-17(23(27,28)29)20-31-10-18(34(20)11-14)21-32-19(33-37-21)13-2-1-3-16(8-13)38(30,35)36/h1-11H,(H2,30,35,36). The van der Waals surface area contributed by atoms with E-state index >= 15 is 0 Å². The Balaban J connectivity index is 1.63. The van der Waals surface area contributed by atoms with Gasteiger partial charge in [0, 0.05) is 11.8 Å². The summed E-state index contributed by atoms with van der Waals surface area (Å²) in [7, 11) is -4.03. The summed E-state index contributed by atoms with van der Waals surface area (Å²) in [6, 6.07) is 9.76. The zero-order chi connectivity index (χ0) is 27.5. The third-order valence-corrected chi connectivity index (χ3v) is 6.43. The van der Waals surface area contributed by atoms with Crippen LogP contribution >= 0.6 is 0 Å². The SMILES string of the molecule is NS(=O)(=O)c1cccc(-c2noc(-c3cnc4c(C(F)(F)F)cc(-c5ccc(C(F)(F)F)cc5)cn34)n2)c1. The average molecular weight is 553 g/mol. The van der Waals surface area contributed by atoms with Crippen LogP contribution in [0.4, 0.5) is 26.3 Å². The second-order valence-corrected chi connectivity index (χ2v) is 9.61. The maximum atomic E-state index is 13.9. The molecule has 3 aromatic heterocycles. The van der Waals surface area contributed by atoms with E-state index in [1.165, 1.54) is 30.5 Å². The van der Waals surface area contributed by atoms with Crippen LogP contribution in [0.15, 0.2) is 76.4 Å². The molecule has 2 N–H and O–H groups in total. The highest BCUT2D eigenvalue weighted by Gasteiger charge is 2.36. The van der Waals surface area contributed by atoms with Crippen molar-refractivity contribution in [3.05, 3.63) is 78.1 Å². The van der Waals surface area contributed by atoms with Crippen LogP contribution in [-0.2, 0) is 22.4 Å². The van der Waals surface area contributed by atoms with Gasteiger partial charge in [0.25, 0.3) is 5.89 Å². The van der Waals surface area contributed by atoms with Crippen molar-refractivity contribution in [1.82, 2.24) is 19.5 Å². The first-order valence-corrected chi connectivity index (χ1v) is 12.0. The van der Waals surface area contributed by atoms with E-state index in [4.69, 9.17) is 9.66 Å². The Bertz CT molecular complexity index is 1770. The number of halogens is 6. The molecule has 0 bridgehead atoms. The maximum absolute atomic E-state index is 13.9. The van der Waals surface area contributed by atoms with Gasteiger partial charge in [-0.1, -0.05) is 29.4 Å². The fourth-order valence-electron chi connectivity index (χ4n) is 3.72. The number of primary sulfonamides is 1. The number of rotatable bonds is 4. The first kappa shape index (κ1) is 25.4. The van der Waals surface area contributed by atoms with E-state index in [9.17, 15) is 34.8 Å². The van der Waals surface area contributed by atoms with Crippen molar-refractivity contribution in [3.63, 3.8) is 0 Å². The van der Waals surface area contributed by atoms with Crippen molar-refractivity contribution in [2.75, 3.05) is 0 Å². The molecule has 15 heteroatoms. The minimum atomic E-state index is -4.85. The van der Waals surface area contributed by atoms with E-state index in [-0.39, 0.29) is 39.0 Å². The molecule has 0 aliphatic carbocycles. The van der Waals surface area contributed by atoms with Crippen LogP contribution in [0.3, 0.4) is 0 Å². The number of alkyl halides is 6. The molecule has 5 aromatic rings. The molecule has 0 saturated carbocycles. The van der Waals surface area contributed by atoms with Crippen molar-refractivity contribution in [1.29, 1.82) is 0 Å². The van der Waals surface area contributed by atoms with E-state index in [0.29, 0.717) is 0 Å². The predicted octanol–water partition coefficient (Wildman–Crippen LogP) is 5.40. The zero-order valence-corrected chi connectivity index (χ0v) is 19.4. The number of sulfonamides is 1. The minimum Gasteiger partial charge on any atom is -0.332 e. The second-order valence-electron chi connectivity index (χ2n) is 8.05. The number of aromatic nitrogens is 4. The lowest BCUT2D eigenvalue weighted by atomic mass is 10.0. The van der Waals surface area contributed by atoms with Gasteiger partial charge in [0.05, 0.1) is 22.2 Å². The quantitative estimate of drug-likeness (QED) is 0.298. The predicted molar refractivity (Wildman–Crippen MR) is 121 cm³/mol. The monoisotopic (exact) mass is 553 g/mol. The molecule has 0 spiro atoms. The van der Waals surface area contributed by atoms with Gasteiger partial charge in [-0.15, -0.1) is 0 Å². The molecule has 196 valence electrons. The summed E-state index contributed by atoms with van der Waals surface area (Å²) in [5.74, 6) is -0.318.